The van der Waals surface area contributed by atoms with Crippen LogP contribution in [0, 0.1) is 6.92 Å². The average Bonchev–Trinajstić information content (AvgIpc) is 3.37. The van der Waals surface area contributed by atoms with Gasteiger partial charge in [-0.1, -0.05) is 11.6 Å². The maximum Gasteiger partial charge on any atom is 0.230 e. The molecule has 1 spiro atoms. The molecule has 0 radical (unpaired) electrons. The highest BCUT2D eigenvalue weighted by Crippen LogP contribution is 2.41. The molecule has 1 N–H and O–H groups in total. The van der Waals surface area contributed by atoms with Crippen molar-refractivity contribution in [2.24, 2.45) is 0 Å². The van der Waals surface area contributed by atoms with Gasteiger partial charge in [0.2, 0.25) is 11.8 Å². The minimum absolute atomic E-state index is 0.0143. The number of aromatic nitrogens is 1. The Morgan fingerprint density at radius 3 is 2.74 bits per heavy atom. The van der Waals surface area contributed by atoms with Crippen LogP contribution in [0.5, 0.6) is 0 Å². The number of carbonyl (C=O) groups excluding carboxylic acids is 2. The van der Waals surface area contributed by atoms with E-state index < -0.39 is 0 Å². The van der Waals surface area contributed by atoms with Crippen LogP contribution in [0.25, 0.3) is 21.3 Å². The number of thiophene rings is 1. The Kier molecular flexibility index (Phi) is 5.92. The van der Waals surface area contributed by atoms with Crippen LogP contribution in [0.3, 0.4) is 0 Å². The number of hydrogen-bond acceptors (Lipinski definition) is 6. The van der Waals surface area contributed by atoms with Gasteiger partial charge in [-0.25, -0.2) is 0 Å². The predicted octanol–water partition coefficient (Wildman–Crippen LogP) is 5.03. The predicted molar refractivity (Wildman–Crippen MR) is 138 cm³/mol. The topological polar surface area (TPSA) is 71.5 Å². The molecule has 35 heavy (non-hydrogen) atoms. The lowest BCUT2D eigenvalue weighted by Gasteiger charge is -2.48. The lowest BCUT2D eigenvalue weighted by Crippen LogP contribution is -2.57. The molecule has 2 aliphatic heterocycles. The number of carbonyl (C=O) groups is 2. The summed E-state index contributed by atoms with van der Waals surface area (Å²) in [6.07, 6.45) is 6.86. The van der Waals surface area contributed by atoms with Crippen molar-refractivity contribution in [3.63, 3.8) is 0 Å². The summed E-state index contributed by atoms with van der Waals surface area (Å²) in [5.41, 5.74) is 5.45. The van der Waals surface area contributed by atoms with Crippen molar-refractivity contribution in [2.45, 2.75) is 63.7 Å². The van der Waals surface area contributed by atoms with E-state index in [4.69, 9.17) is 16.3 Å². The largest absolute Gasteiger partial charge is 0.369 e. The minimum Gasteiger partial charge on any atom is -0.369 e. The standard InChI is InChI=1S/C27H28ClN3O3S/c1-16-9-17(28)10-22(21(16)11-18-13-29-15-27(34-18)6-2-7-27)20-5-8-30-23-12-19(35-26(20)23)14-31-24(32)3-4-25(31)33/h5,8-10,12,18,29H,2-4,6-7,11,13-15H2,1H3. The number of amides is 2. The molecule has 8 heteroatoms. The van der Waals surface area contributed by atoms with Gasteiger partial charge in [-0.15, -0.1) is 11.3 Å². The molecule has 3 aliphatic rings. The Labute approximate surface area is 213 Å². The highest BCUT2D eigenvalue weighted by atomic mass is 35.5. The van der Waals surface area contributed by atoms with Crippen molar-refractivity contribution in [1.82, 2.24) is 15.2 Å². The second-order valence-electron chi connectivity index (χ2n) is 10.0. The van der Waals surface area contributed by atoms with E-state index in [1.807, 2.05) is 30.5 Å². The van der Waals surface area contributed by atoms with Crippen molar-refractivity contribution >= 4 is 45.0 Å². The fourth-order valence-corrected chi connectivity index (χ4v) is 7.03. The van der Waals surface area contributed by atoms with Gasteiger partial charge >= 0.3 is 0 Å². The Morgan fingerprint density at radius 1 is 1.20 bits per heavy atom. The van der Waals surface area contributed by atoms with Crippen molar-refractivity contribution < 1.29 is 14.3 Å². The number of likely N-dealkylation sites (tertiary alicyclic amines) is 1. The molecule has 2 aromatic heterocycles. The SMILES string of the molecule is Cc1cc(Cl)cc(-c2ccnc3cc(CN4C(=O)CCC4=O)sc23)c1CC1CNCC2(CCC2)O1. The summed E-state index contributed by atoms with van der Waals surface area (Å²) in [6.45, 7) is 4.21. The maximum atomic E-state index is 12.1. The first-order valence-electron chi connectivity index (χ1n) is 12.3. The number of halogens is 1. The number of imide groups is 1. The molecule has 1 atom stereocenters. The summed E-state index contributed by atoms with van der Waals surface area (Å²) in [6, 6.07) is 8.10. The second kappa shape index (κ2) is 8.96. The van der Waals surface area contributed by atoms with Crippen molar-refractivity contribution in [3.05, 3.63) is 51.5 Å². The number of rotatable bonds is 5. The fraction of sp³-hybridized carbons (Fsp3) is 0.444. The number of nitrogens with one attached hydrogen (secondary N) is 1. The van der Waals surface area contributed by atoms with Gasteiger partial charge in [0.1, 0.15) is 0 Å². The number of nitrogens with zero attached hydrogens (tertiary/aromatic N) is 2. The van der Waals surface area contributed by atoms with Crippen LogP contribution < -0.4 is 5.32 Å². The van der Waals surface area contributed by atoms with Gasteiger partial charge in [0.05, 0.1) is 28.5 Å². The first-order valence-corrected chi connectivity index (χ1v) is 13.5. The van der Waals surface area contributed by atoms with E-state index in [1.165, 1.54) is 16.9 Å². The third-order valence-corrected chi connectivity index (χ3v) is 8.95. The maximum absolute atomic E-state index is 12.1. The van der Waals surface area contributed by atoms with Gasteiger partial charge < -0.3 is 10.1 Å². The van der Waals surface area contributed by atoms with E-state index in [0.29, 0.717) is 24.4 Å². The Hall–Kier alpha value is -2.32. The van der Waals surface area contributed by atoms with Gasteiger partial charge in [0.15, 0.2) is 0 Å². The number of benzene rings is 1. The molecule has 182 valence electrons. The van der Waals surface area contributed by atoms with E-state index in [-0.39, 0.29) is 23.5 Å². The van der Waals surface area contributed by atoms with E-state index in [2.05, 4.69) is 17.2 Å². The molecule has 0 bridgehead atoms. The molecular formula is C27H28ClN3O3S. The second-order valence-corrected chi connectivity index (χ2v) is 11.6. The third kappa shape index (κ3) is 4.29. The molecule has 1 aliphatic carbocycles. The fourth-order valence-electron chi connectivity index (χ4n) is 5.62. The van der Waals surface area contributed by atoms with Crippen molar-refractivity contribution in [2.75, 3.05) is 13.1 Å². The summed E-state index contributed by atoms with van der Waals surface area (Å²) < 4.78 is 7.65. The average molecular weight is 510 g/mol. The number of ether oxygens (including phenoxy) is 1. The molecule has 6 nitrogen and oxygen atoms in total. The van der Waals surface area contributed by atoms with E-state index in [0.717, 1.165) is 64.1 Å². The van der Waals surface area contributed by atoms with Crippen molar-refractivity contribution in [3.8, 4) is 11.1 Å². The van der Waals surface area contributed by atoms with Crippen LogP contribution in [-0.4, -0.2) is 46.5 Å². The van der Waals surface area contributed by atoms with Crippen LogP contribution in [0.15, 0.2) is 30.5 Å². The Bertz CT molecular complexity index is 1320. The van der Waals surface area contributed by atoms with E-state index >= 15 is 0 Å². The molecular weight excluding hydrogens is 482 g/mol. The van der Waals surface area contributed by atoms with Gasteiger partial charge in [0.25, 0.3) is 0 Å². The van der Waals surface area contributed by atoms with Gasteiger partial charge in [-0.2, -0.15) is 0 Å². The summed E-state index contributed by atoms with van der Waals surface area (Å²) in [7, 11) is 0. The quantitative estimate of drug-likeness (QED) is 0.488. The number of morpholine rings is 1. The molecule has 3 fully saturated rings. The third-order valence-electron chi connectivity index (χ3n) is 7.59. The highest BCUT2D eigenvalue weighted by molar-refractivity contribution is 7.19. The first kappa shape index (κ1) is 23.1. The summed E-state index contributed by atoms with van der Waals surface area (Å²) in [5, 5.41) is 4.30. The van der Waals surface area contributed by atoms with Crippen LogP contribution in [0.2, 0.25) is 5.02 Å². The molecule has 4 heterocycles. The normalized spacial score (nSPS) is 21.8. The molecule has 1 saturated carbocycles. The first-order chi connectivity index (χ1) is 16.9. The molecule has 3 aromatic rings. The minimum atomic E-state index is -0.0984. The Morgan fingerprint density at radius 2 is 2.00 bits per heavy atom. The van der Waals surface area contributed by atoms with Gasteiger partial charge in [-0.05, 0) is 67.1 Å². The highest BCUT2D eigenvalue weighted by Gasteiger charge is 2.42. The molecule has 1 aromatic carbocycles. The Balaban J connectivity index is 1.36. The lowest BCUT2D eigenvalue weighted by molar-refractivity contribution is -0.156. The number of aryl methyl sites for hydroxylation is 1. The van der Waals surface area contributed by atoms with Crippen LogP contribution in [-0.2, 0) is 27.3 Å². The summed E-state index contributed by atoms with van der Waals surface area (Å²) in [5.74, 6) is -0.197. The smallest absolute Gasteiger partial charge is 0.230 e. The van der Waals surface area contributed by atoms with Gasteiger partial charge in [-0.3, -0.25) is 19.5 Å². The van der Waals surface area contributed by atoms with Crippen LogP contribution in [0.1, 0.15) is 48.1 Å². The monoisotopic (exact) mass is 509 g/mol. The summed E-state index contributed by atoms with van der Waals surface area (Å²) >= 11 is 8.15. The zero-order valence-electron chi connectivity index (χ0n) is 19.7. The summed E-state index contributed by atoms with van der Waals surface area (Å²) in [4.78, 5) is 31.2. The number of fused-ring (bicyclic) bond motifs is 1. The van der Waals surface area contributed by atoms with Crippen molar-refractivity contribution in [1.29, 1.82) is 0 Å². The van der Waals surface area contributed by atoms with Crippen LogP contribution in [0.4, 0.5) is 0 Å². The van der Waals surface area contributed by atoms with Crippen LogP contribution >= 0.6 is 22.9 Å². The zero-order chi connectivity index (χ0) is 24.2. The lowest BCUT2D eigenvalue weighted by atomic mass is 9.78. The van der Waals surface area contributed by atoms with E-state index in [1.54, 1.807) is 11.3 Å². The molecule has 6 rings (SSSR count). The number of pyridine rings is 1. The zero-order valence-corrected chi connectivity index (χ0v) is 21.3. The van der Waals surface area contributed by atoms with E-state index in [9.17, 15) is 9.59 Å². The molecule has 2 saturated heterocycles. The molecule has 2 amide bonds. The number of hydrogen-bond donors (Lipinski definition) is 1. The molecule has 1 unspecified atom stereocenters. The van der Waals surface area contributed by atoms with Gasteiger partial charge in [0, 0.05) is 54.0 Å².